The van der Waals surface area contributed by atoms with Gasteiger partial charge in [-0.3, -0.25) is 9.59 Å². The van der Waals surface area contributed by atoms with Gasteiger partial charge in [-0.25, -0.2) is 0 Å². The fourth-order valence-corrected chi connectivity index (χ4v) is 3.48. The molecular formula is C19H26N2O3. The molecule has 2 saturated heterocycles. The predicted molar refractivity (Wildman–Crippen MR) is 91.4 cm³/mol. The molecule has 0 aromatic heterocycles. The number of likely N-dealkylation sites (tertiary alicyclic amines) is 1. The number of hydrogen-bond acceptors (Lipinski definition) is 3. The second kappa shape index (κ2) is 7.79. The van der Waals surface area contributed by atoms with Crippen molar-refractivity contribution in [2.45, 2.75) is 44.8 Å². The third-order valence-electron chi connectivity index (χ3n) is 4.78. The zero-order valence-corrected chi connectivity index (χ0v) is 14.3. The van der Waals surface area contributed by atoms with Gasteiger partial charge < -0.3 is 14.5 Å². The molecule has 0 N–H and O–H groups in total. The molecule has 0 saturated carbocycles. The molecule has 0 aliphatic carbocycles. The van der Waals surface area contributed by atoms with E-state index in [1.54, 1.807) is 4.90 Å². The van der Waals surface area contributed by atoms with Crippen LogP contribution < -0.4 is 0 Å². The Morgan fingerprint density at radius 3 is 2.75 bits per heavy atom. The maximum atomic E-state index is 12.7. The Bertz CT molecular complexity index is 575. The highest BCUT2D eigenvalue weighted by molar-refractivity contribution is 5.85. The summed E-state index contributed by atoms with van der Waals surface area (Å²) in [6.45, 7) is 4.03. The fraction of sp³-hybridized carbons (Fsp3) is 0.579. The van der Waals surface area contributed by atoms with E-state index in [1.165, 1.54) is 0 Å². The molecule has 2 aliphatic heterocycles. The Hall–Kier alpha value is -1.88. The summed E-state index contributed by atoms with van der Waals surface area (Å²) < 4.78 is 6.01. The van der Waals surface area contributed by atoms with Crippen molar-refractivity contribution in [3.05, 3.63) is 35.9 Å². The monoisotopic (exact) mass is 330 g/mol. The van der Waals surface area contributed by atoms with Gasteiger partial charge in [-0.2, -0.15) is 0 Å². The van der Waals surface area contributed by atoms with Crippen molar-refractivity contribution in [2.24, 2.45) is 0 Å². The van der Waals surface area contributed by atoms with Crippen LogP contribution in [0.1, 0.15) is 44.3 Å². The van der Waals surface area contributed by atoms with E-state index in [1.807, 2.05) is 42.2 Å². The van der Waals surface area contributed by atoms with Gasteiger partial charge >= 0.3 is 0 Å². The van der Waals surface area contributed by atoms with Gasteiger partial charge in [-0.05, 0) is 25.3 Å². The number of hydrogen-bond donors (Lipinski definition) is 0. The maximum Gasteiger partial charge on any atom is 0.242 e. The highest BCUT2D eigenvalue weighted by Crippen LogP contribution is 2.25. The van der Waals surface area contributed by atoms with Crippen molar-refractivity contribution < 1.29 is 14.3 Å². The van der Waals surface area contributed by atoms with E-state index in [0.29, 0.717) is 26.1 Å². The van der Waals surface area contributed by atoms with Gasteiger partial charge in [0.15, 0.2) is 0 Å². The van der Waals surface area contributed by atoms with E-state index in [2.05, 4.69) is 0 Å². The summed E-state index contributed by atoms with van der Waals surface area (Å²) in [5, 5.41) is 0. The summed E-state index contributed by atoms with van der Waals surface area (Å²) in [7, 11) is 0. The second-order valence-corrected chi connectivity index (χ2v) is 6.77. The lowest BCUT2D eigenvalue weighted by atomic mass is 10.1. The van der Waals surface area contributed by atoms with E-state index in [4.69, 9.17) is 4.74 Å². The van der Waals surface area contributed by atoms with Crippen LogP contribution in [0.4, 0.5) is 0 Å². The van der Waals surface area contributed by atoms with Crippen LogP contribution in [0.3, 0.4) is 0 Å². The third-order valence-corrected chi connectivity index (χ3v) is 4.78. The molecule has 3 rings (SSSR count). The predicted octanol–water partition coefficient (Wildman–Crippen LogP) is 2.38. The summed E-state index contributed by atoms with van der Waals surface area (Å²) in [5.74, 6) is 0.142. The molecule has 130 valence electrons. The summed E-state index contributed by atoms with van der Waals surface area (Å²) in [4.78, 5) is 28.4. The molecule has 2 aliphatic rings. The lowest BCUT2D eigenvalue weighted by Gasteiger charge is -2.38. The van der Waals surface area contributed by atoms with Gasteiger partial charge in [0, 0.05) is 19.5 Å². The molecule has 0 unspecified atom stereocenters. The Balaban J connectivity index is 1.64. The van der Waals surface area contributed by atoms with Crippen LogP contribution in [0.25, 0.3) is 0 Å². The van der Waals surface area contributed by atoms with E-state index in [9.17, 15) is 9.59 Å². The van der Waals surface area contributed by atoms with Crippen molar-refractivity contribution in [2.75, 3.05) is 26.2 Å². The van der Waals surface area contributed by atoms with Crippen LogP contribution in [-0.4, -0.2) is 53.9 Å². The SMILES string of the molecule is C[C@H]1CN(C(=O)CN2CCCCCC2=O)C[C@H](c2ccccc2)O1. The first-order valence-electron chi connectivity index (χ1n) is 8.89. The van der Waals surface area contributed by atoms with Crippen LogP contribution in [0.15, 0.2) is 30.3 Å². The molecule has 5 nitrogen and oxygen atoms in total. The number of benzene rings is 1. The van der Waals surface area contributed by atoms with Gasteiger partial charge in [0.05, 0.1) is 19.2 Å². The maximum absolute atomic E-state index is 12.7. The zero-order valence-electron chi connectivity index (χ0n) is 14.3. The van der Waals surface area contributed by atoms with Crippen molar-refractivity contribution in [3.63, 3.8) is 0 Å². The van der Waals surface area contributed by atoms with E-state index >= 15 is 0 Å². The van der Waals surface area contributed by atoms with E-state index < -0.39 is 0 Å². The summed E-state index contributed by atoms with van der Waals surface area (Å²) >= 11 is 0. The molecular weight excluding hydrogens is 304 g/mol. The molecule has 0 bridgehead atoms. The number of amides is 2. The quantitative estimate of drug-likeness (QED) is 0.855. The smallest absolute Gasteiger partial charge is 0.242 e. The second-order valence-electron chi connectivity index (χ2n) is 6.77. The van der Waals surface area contributed by atoms with Crippen LogP contribution in [0.2, 0.25) is 0 Å². The van der Waals surface area contributed by atoms with Crippen molar-refractivity contribution in [1.82, 2.24) is 9.80 Å². The first kappa shape index (κ1) is 17.0. The summed E-state index contributed by atoms with van der Waals surface area (Å²) in [6.07, 6.45) is 3.46. The van der Waals surface area contributed by atoms with Crippen molar-refractivity contribution in [1.29, 1.82) is 0 Å². The first-order chi connectivity index (χ1) is 11.6. The average Bonchev–Trinajstić information content (AvgIpc) is 2.80. The van der Waals surface area contributed by atoms with Gasteiger partial charge in [0.1, 0.15) is 6.10 Å². The molecule has 1 aromatic rings. The Morgan fingerprint density at radius 2 is 1.96 bits per heavy atom. The normalized spacial score (nSPS) is 25.5. The fourth-order valence-electron chi connectivity index (χ4n) is 3.48. The van der Waals surface area contributed by atoms with E-state index in [-0.39, 0.29) is 30.6 Å². The molecule has 2 atom stereocenters. The highest BCUT2D eigenvalue weighted by atomic mass is 16.5. The minimum atomic E-state index is -0.0984. The number of nitrogens with zero attached hydrogens (tertiary/aromatic N) is 2. The Kier molecular flexibility index (Phi) is 5.51. The number of rotatable bonds is 3. The minimum Gasteiger partial charge on any atom is -0.367 e. The largest absolute Gasteiger partial charge is 0.367 e. The molecule has 2 fully saturated rings. The molecule has 5 heteroatoms. The first-order valence-corrected chi connectivity index (χ1v) is 8.89. The third kappa shape index (κ3) is 4.15. The standard InChI is InChI=1S/C19H26N2O3/c1-15-12-21(13-17(24-15)16-8-4-2-5-9-16)19(23)14-20-11-7-3-6-10-18(20)22/h2,4-5,8-9,15,17H,3,6-7,10-14H2,1H3/t15-,17+/m0/s1. The molecule has 24 heavy (non-hydrogen) atoms. The van der Waals surface area contributed by atoms with Crippen molar-refractivity contribution >= 4 is 11.8 Å². The van der Waals surface area contributed by atoms with Gasteiger partial charge in [-0.15, -0.1) is 0 Å². The summed E-state index contributed by atoms with van der Waals surface area (Å²) in [5.41, 5.74) is 1.09. The average molecular weight is 330 g/mol. The van der Waals surface area contributed by atoms with Gasteiger partial charge in [-0.1, -0.05) is 36.8 Å². The van der Waals surface area contributed by atoms with Crippen molar-refractivity contribution in [3.8, 4) is 0 Å². The number of ether oxygens (including phenoxy) is 1. The lowest BCUT2D eigenvalue weighted by molar-refractivity contribution is -0.149. The van der Waals surface area contributed by atoms with Crippen LogP contribution >= 0.6 is 0 Å². The van der Waals surface area contributed by atoms with Crippen LogP contribution in [-0.2, 0) is 14.3 Å². The topological polar surface area (TPSA) is 49.9 Å². The molecule has 0 radical (unpaired) electrons. The lowest BCUT2D eigenvalue weighted by Crippen LogP contribution is -2.50. The summed E-state index contributed by atoms with van der Waals surface area (Å²) in [6, 6.07) is 10.0. The minimum absolute atomic E-state index is 0.00672. The number of carbonyl (C=O) groups excluding carboxylic acids is 2. The van der Waals surface area contributed by atoms with Gasteiger partial charge in [0.2, 0.25) is 11.8 Å². The van der Waals surface area contributed by atoms with Crippen LogP contribution in [0, 0.1) is 0 Å². The Labute approximate surface area is 143 Å². The molecule has 2 heterocycles. The van der Waals surface area contributed by atoms with Crippen LogP contribution in [0.5, 0.6) is 0 Å². The molecule has 1 aromatic carbocycles. The highest BCUT2D eigenvalue weighted by Gasteiger charge is 2.30. The zero-order chi connectivity index (χ0) is 16.9. The van der Waals surface area contributed by atoms with Gasteiger partial charge in [0.25, 0.3) is 0 Å². The number of carbonyl (C=O) groups is 2. The number of morpholine rings is 1. The Morgan fingerprint density at radius 1 is 1.17 bits per heavy atom. The molecule has 2 amide bonds. The molecule has 0 spiro atoms. The van der Waals surface area contributed by atoms with E-state index in [0.717, 1.165) is 24.8 Å².